The molecule has 3 nitrogen and oxygen atoms in total. The summed E-state index contributed by atoms with van der Waals surface area (Å²) in [7, 11) is 0. The molecule has 0 aromatic rings. The van der Waals surface area contributed by atoms with E-state index in [1.807, 2.05) is 0 Å². The maximum atomic E-state index is 9.21. The van der Waals surface area contributed by atoms with Gasteiger partial charge in [-0.15, -0.1) is 0 Å². The van der Waals surface area contributed by atoms with Gasteiger partial charge in [0, 0.05) is 25.2 Å². The van der Waals surface area contributed by atoms with Crippen LogP contribution >= 0.6 is 0 Å². The monoisotopic (exact) mass is 200 g/mol. The smallest absolute Gasteiger partial charge is 0.0597 e. The van der Waals surface area contributed by atoms with Gasteiger partial charge in [0.1, 0.15) is 0 Å². The molecule has 0 aromatic heterocycles. The van der Waals surface area contributed by atoms with Crippen LogP contribution in [0.4, 0.5) is 0 Å². The minimum Gasteiger partial charge on any atom is -0.395 e. The molecular weight excluding hydrogens is 176 g/mol. The van der Waals surface area contributed by atoms with Gasteiger partial charge in [-0.3, -0.25) is 0 Å². The summed E-state index contributed by atoms with van der Waals surface area (Å²) in [5.41, 5.74) is 0. The first-order chi connectivity index (χ1) is 6.61. The zero-order valence-electron chi connectivity index (χ0n) is 9.66. The fraction of sp³-hybridized carbons (Fsp3) is 1.00. The van der Waals surface area contributed by atoms with E-state index in [1.54, 1.807) is 0 Å². The van der Waals surface area contributed by atoms with Crippen molar-refractivity contribution in [3.05, 3.63) is 0 Å². The molecule has 1 aliphatic heterocycles. The average Bonchev–Trinajstić information content (AvgIpc) is 2.49. The lowest BCUT2D eigenvalue weighted by Crippen LogP contribution is -2.45. The van der Waals surface area contributed by atoms with Crippen LogP contribution in [-0.2, 0) is 0 Å². The quantitative estimate of drug-likeness (QED) is 0.685. The number of hydrogen-bond donors (Lipinski definition) is 2. The predicted octanol–water partition coefficient (Wildman–Crippen LogP) is 0.687. The molecule has 14 heavy (non-hydrogen) atoms. The Morgan fingerprint density at radius 2 is 2.21 bits per heavy atom. The molecule has 1 saturated heterocycles. The number of likely N-dealkylation sites (tertiary alicyclic amines) is 1. The summed E-state index contributed by atoms with van der Waals surface area (Å²) in [5.74, 6) is 0.827. The summed E-state index contributed by atoms with van der Waals surface area (Å²) in [6.07, 6.45) is 1.31. The van der Waals surface area contributed by atoms with Crippen LogP contribution in [0.3, 0.4) is 0 Å². The van der Waals surface area contributed by atoms with E-state index in [9.17, 15) is 5.11 Å². The van der Waals surface area contributed by atoms with Crippen LogP contribution in [0.15, 0.2) is 0 Å². The zero-order chi connectivity index (χ0) is 10.6. The third-order valence-electron chi connectivity index (χ3n) is 2.78. The van der Waals surface area contributed by atoms with Crippen LogP contribution in [0.5, 0.6) is 0 Å². The molecule has 0 radical (unpaired) electrons. The third-order valence-corrected chi connectivity index (χ3v) is 2.78. The van der Waals surface area contributed by atoms with Crippen LogP contribution in [0.1, 0.15) is 27.2 Å². The van der Waals surface area contributed by atoms with E-state index < -0.39 is 0 Å². The van der Waals surface area contributed by atoms with Gasteiger partial charge in [-0.1, -0.05) is 20.8 Å². The van der Waals surface area contributed by atoms with Crippen molar-refractivity contribution in [2.75, 3.05) is 26.2 Å². The van der Waals surface area contributed by atoms with E-state index in [1.165, 1.54) is 19.5 Å². The Kier molecular flexibility index (Phi) is 4.85. The van der Waals surface area contributed by atoms with E-state index >= 15 is 0 Å². The fourth-order valence-corrected chi connectivity index (χ4v) is 2.14. The number of rotatable bonds is 5. The zero-order valence-corrected chi connectivity index (χ0v) is 9.66. The van der Waals surface area contributed by atoms with Crippen LogP contribution in [-0.4, -0.2) is 48.3 Å². The largest absolute Gasteiger partial charge is 0.395 e. The number of nitrogens with one attached hydrogen (secondary N) is 1. The molecule has 84 valence electrons. The maximum Gasteiger partial charge on any atom is 0.0597 e. The van der Waals surface area contributed by atoms with Crippen molar-refractivity contribution in [1.82, 2.24) is 10.2 Å². The second kappa shape index (κ2) is 5.69. The first-order valence-electron chi connectivity index (χ1n) is 5.71. The summed E-state index contributed by atoms with van der Waals surface area (Å²) >= 11 is 0. The number of aliphatic hydroxyl groups is 1. The molecule has 1 aliphatic rings. The SMILES string of the molecule is CC1CCN(CC(CO)NC(C)C)C1. The molecule has 1 rings (SSSR count). The van der Waals surface area contributed by atoms with Crippen molar-refractivity contribution in [2.24, 2.45) is 5.92 Å². The first kappa shape index (κ1) is 12.0. The minimum absolute atomic E-state index is 0.236. The van der Waals surface area contributed by atoms with Crippen LogP contribution in [0.25, 0.3) is 0 Å². The van der Waals surface area contributed by atoms with Gasteiger partial charge in [0.05, 0.1) is 6.61 Å². The van der Waals surface area contributed by atoms with Gasteiger partial charge >= 0.3 is 0 Å². The molecule has 2 N–H and O–H groups in total. The number of hydrogen-bond acceptors (Lipinski definition) is 3. The van der Waals surface area contributed by atoms with Crippen molar-refractivity contribution >= 4 is 0 Å². The molecule has 0 saturated carbocycles. The summed E-state index contributed by atoms with van der Waals surface area (Å²) in [5, 5.41) is 12.6. The molecule has 0 amide bonds. The average molecular weight is 200 g/mol. The highest BCUT2D eigenvalue weighted by Gasteiger charge is 2.21. The summed E-state index contributed by atoms with van der Waals surface area (Å²) in [6.45, 7) is 10.1. The van der Waals surface area contributed by atoms with E-state index in [-0.39, 0.29) is 12.6 Å². The summed E-state index contributed by atoms with van der Waals surface area (Å²) in [6, 6.07) is 0.687. The molecule has 2 atom stereocenters. The highest BCUT2D eigenvalue weighted by molar-refractivity contribution is 4.78. The lowest BCUT2D eigenvalue weighted by Gasteiger charge is -2.24. The first-order valence-corrected chi connectivity index (χ1v) is 5.71. The molecule has 3 heteroatoms. The van der Waals surface area contributed by atoms with Crippen molar-refractivity contribution in [1.29, 1.82) is 0 Å². The van der Waals surface area contributed by atoms with Crippen molar-refractivity contribution < 1.29 is 5.11 Å². The molecule has 1 heterocycles. The summed E-state index contributed by atoms with van der Waals surface area (Å²) in [4.78, 5) is 2.45. The second-order valence-electron chi connectivity index (χ2n) is 4.85. The highest BCUT2D eigenvalue weighted by Crippen LogP contribution is 2.14. The highest BCUT2D eigenvalue weighted by atomic mass is 16.3. The Bertz CT molecular complexity index is 161. The van der Waals surface area contributed by atoms with Gasteiger partial charge in [0.2, 0.25) is 0 Å². The van der Waals surface area contributed by atoms with Gasteiger partial charge in [-0.25, -0.2) is 0 Å². The van der Waals surface area contributed by atoms with E-state index in [0.29, 0.717) is 6.04 Å². The number of aliphatic hydroxyl groups excluding tert-OH is 1. The van der Waals surface area contributed by atoms with Crippen LogP contribution in [0, 0.1) is 5.92 Å². The predicted molar refractivity (Wildman–Crippen MR) is 59.4 cm³/mol. The molecule has 0 aliphatic carbocycles. The lowest BCUT2D eigenvalue weighted by molar-refractivity contribution is 0.190. The fourth-order valence-electron chi connectivity index (χ4n) is 2.14. The van der Waals surface area contributed by atoms with Gasteiger partial charge in [-0.2, -0.15) is 0 Å². The van der Waals surface area contributed by atoms with Crippen molar-refractivity contribution in [3.63, 3.8) is 0 Å². The van der Waals surface area contributed by atoms with Gasteiger partial charge in [0.25, 0.3) is 0 Å². The van der Waals surface area contributed by atoms with Gasteiger partial charge in [0.15, 0.2) is 0 Å². The molecular formula is C11H24N2O. The normalized spacial score (nSPS) is 25.9. The van der Waals surface area contributed by atoms with Crippen LogP contribution < -0.4 is 5.32 Å². The van der Waals surface area contributed by atoms with E-state index in [2.05, 4.69) is 31.0 Å². The Morgan fingerprint density at radius 1 is 1.50 bits per heavy atom. The third kappa shape index (κ3) is 3.95. The molecule has 0 aromatic carbocycles. The molecule has 2 unspecified atom stereocenters. The van der Waals surface area contributed by atoms with Gasteiger partial charge in [-0.05, 0) is 18.9 Å². The minimum atomic E-state index is 0.236. The standard InChI is InChI=1S/C11H24N2O/c1-9(2)12-11(8-14)7-13-5-4-10(3)6-13/h9-12,14H,4-8H2,1-3H3. The lowest BCUT2D eigenvalue weighted by atomic mass is 10.2. The van der Waals surface area contributed by atoms with Gasteiger partial charge < -0.3 is 15.3 Å². The molecule has 0 bridgehead atoms. The molecule has 1 fully saturated rings. The Morgan fingerprint density at radius 3 is 2.64 bits per heavy atom. The van der Waals surface area contributed by atoms with Crippen molar-refractivity contribution in [2.45, 2.75) is 39.3 Å². The molecule has 0 spiro atoms. The van der Waals surface area contributed by atoms with Crippen LogP contribution in [0.2, 0.25) is 0 Å². The Balaban J connectivity index is 2.26. The van der Waals surface area contributed by atoms with E-state index in [4.69, 9.17) is 0 Å². The number of nitrogens with zero attached hydrogens (tertiary/aromatic N) is 1. The Hall–Kier alpha value is -0.120. The second-order valence-corrected chi connectivity index (χ2v) is 4.85. The van der Waals surface area contributed by atoms with Crippen molar-refractivity contribution in [3.8, 4) is 0 Å². The maximum absolute atomic E-state index is 9.21. The summed E-state index contributed by atoms with van der Waals surface area (Å²) < 4.78 is 0. The topological polar surface area (TPSA) is 35.5 Å². The van der Waals surface area contributed by atoms with E-state index in [0.717, 1.165) is 12.5 Å². The Labute approximate surface area is 87.5 Å².